The third kappa shape index (κ3) is 2.75. The SMILES string of the molecule is CCn1c([N+](=O)[O-])cnc1COc1cccc(C#N)c1. The first-order chi connectivity index (χ1) is 9.65. The van der Waals surface area contributed by atoms with Crippen LogP contribution in [-0.4, -0.2) is 14.5 Å². The van der Waals surface area contributed by atoms with Gasteiger partial charge in [0.25, 0.3) is 0 Å². The lowest BCUT2D eigenvalue weighted by atomic mass is 10.2. The smallest absolute Gasteiger partial charge is 0.342 e. The summed E-state index contributed by atoms with van der Waals surface area (Å²) in [6.07, 6.45) is 1.22. The first-order valence-corrected chi connectivity index (χ1v) is 5.97. The monoisotopic (exact) mass is 272 g/mol. The highest BCUT2D eigenvalue weighted by Crippen LogP contribution is 2.17. The van der Waals surface area contributed by atoms with Gasteiger partial charge in [-0.05, 0) is 30.0 Å². The zero-order chi connectivity index (χ0) is 14.5. The minimum atomic E-state index is -0.476. The lowest BCUT2D eigenvalue weighted by molar-refractivity contribution is -0.392. The van der Waals surface area contributed by atoms with Gasteiger partial charge in [0.2, 0.25) is 5.82 Å². The highest BCUT2D eigenvalue weighted by molar-refractivity contribution is 5.36. The number of nitriles is 1. The molecule has 0 N–H and O–H groups in total. The Morgan fingerprint density at radius 1 is 1.55 bits per heavy atom. The van der Waals surface area contributed by atoms with Crippen LogP contribution in [0.3, 0.4) is 0 Å². The van der Waals surface area contributed by atoms with E-state index in [4.69, 9.17) is 10.00 Å². The Bertz CT molecular complexity index is 672. The molecule has 2 aromatic rings. The Morgan fingerprint density at radius 3 is 3.00 bits per heavy atom. The average molecular weight is 272 g/mol. The second kappa shape index (κ2) is 5.84. The van der Waals surface area contributed by atoms with Crippen LogP contribution < -0.4 is 4.74 Å². The van der Waals surface area contributed by atoms with Crippen molar-refractivity contribution in [1.82, 2.24) is 9.55 Å². The molecule has 0 unspecified atom stereocenters. The average Bonchev–Trinajstić information content (AvgIpc) is 2.88. The lowest BCUT2D eigenvalue weighted by Crippen LogP contribution is -2.08. The first kappa shape index (κ1) is 13.5. The molecule has 0 saturated carbocycles. The molecule has 1 heterocycles. The molecule has 0 radical (unpaired) electrons. The van der Waals surface area contributed by atoms with Crippen LogP contribution in [0.25, 0.3) is 0 Å². The Hall–Kier alpha value is -2.88. The minimum absolute atomic E-state index is 0.0584. The number of rotatable bonds is 5. The van der Waals surface area contributed by atoms with Gasteiger partial charge in [-0.3, -0.25) is 0 Å². The van der Waals surface area contributed by atoms with E-state index in [-0.39, 0.29) is 12.4 Å². The molecule has 102 valence electrons. The van der Waals surface area contributed by atoms with Crippen molar-refractivity contribution in [2.75, 3.05) is 0 Å². The van der Waals surface area contributed by atoms with Gasteiger partial charge >= 0.3 is 5.82 Å². The molecule has 0 saturated heterocycles. The summed E-state index contributed by atoms with van der Waals surface area (Å²) < 4.78 is 6.99. The van der Waals surface area contributed by atoms with Gasteiger partial charge in [0.05, 0.1) is 18.2 Å². The predicted octanol–water partition coefficient (Wildman–Crippen LogP) is 2.26. The summed E-state index contributed by atoms with van der Waals surface area (Å²) >= 11 is 0. The Morgan fingerprint density at radius 2 is 2.35 bits per heavy atom. The van der Waals surface area contributed by atoms with Crippen LogP contribution in [0.1, 0.15) is 18.3 Å². The van der Waals surface area contributed by atoms with E-state index in [2.05, 4.69) is 4.98 Å². The fourth-order valence-electron chi connectivity index (χ4n) is 1.81. The fraction of sp³-hybridized carbons (Fsp3) is 0.231. The van der Waals surface area contributed by atoms with Crippen LogP contribution in [0, 0.1) is 21.4 Å². The molecule has 0 aliphatic carbocycles. The Labute approximate surface area is 115 Å². The van der Waals surface area contributed by atoms with Crippen molar-refractivity contribution in [3.63, 3.8) is 0 Å². The van der Waals surface area contributed by atoms with Gasteiger partial charge in [-0.2, -0.15) is 5.26 Å². The zero-order valence-electron chi connectivity index (χ0n) is 10.8. The van der Waals surface area contributed by atoms with Crippen molar-refractivity contribution in [2.45, 2.75) is 20.1 Å². The topological polar surface area (TPSA) is 94.0 Å². The molecule has 7 nitrogen and oxygen atoms in total. The summed E-state index contributed by atoms with van der Waals surface area (Å²) in [6.45, 7) is 2.35. The second-order valence-electron chi connectivity index (χ2n) is 3.96. The van der Waals surface area contributed by atoms with E-state index < -0.39 is 4.92 Å². The summed E-state index contributed by atoms with van der Waals surface area (Å²) in [6, 6.07) is 8.72. The number of hydrogen-bond donors (Lipinski definition) is 0. The second-order valence-corrected chi connectivity index (χ2v) is 3.96. The van der Waals surface area contributed by atoms with Gasteiger partial charge in [-0.15, -0.1) is 0 Å². The maximum absolute atomic E-state index is 10.8. The molecular weight excluding hydrogens is 260 g/mol. The molecular formula is C13H12N4O3. The van der Waals surface area contributed by atoms with Gasteiger partial charge < -0.3 is 14.9 Å². The van der Waals surface area contributed by atoms with Crippen molar-refractivity contribution in [2.24, 2.45) is 0 Å². The van der Waals surface area contributed by atoms with Crippen molar-refractivity contribution >= 4 is 5.82 Å². The van der Waals surface area contributed by atoms with E-state index in [1.165, 1.54) is 10.8 Å². The maximum atomic E-state index is 10.8. The highest BCUT2D eigenvalue weighted by atomic mass is 16.6. The van der Waals surface area contributed by atoms with Crippen LogP contribution in [0.5, 0.6) is 5.75 Å². The van der Waals surface area contributed by atoms with Crippen molar-refractivity contribution in [3.8, 4) is 11.8 Å². The quantitative estimate of drug-likeness (QED) is 0.614. The van der Waals surface area contributed by atoms with E-state index in [0.717, 1.165) is 0 Å². The van der Waals surface area contributed by atoms with Crippen LogP contribution in [0.15, 0.2) is 30.5 Å². The van der Waals surface area contributed by atoms with Crippen LogP contribution in [0.4, 0.5) is 5.82 Å². The van der Waals surface area contributed by atoms with Crippen molar-refractivity contribution in [1.29, 1.82) is 5.26 Å². The van der Waals surface area contributed by atoms with Crippen molar-refractivity contribution in [3.05, 3.63) is 52.0 Å². The molecule has 0 bridgehead atoms. The van der Waals surface area contributed by atoms with E-state index in [1.807, 2.05) is 6.07 Å². The largest absolute Gasteiger partial charge is 0.483 e. The molecule has 1 aromatic carbocycles. The Balaban J connectivity index is 2.15. The number of hydrogen-bond acceptors (Lipinski definition) is 5. The van der Waals surface area contributed by atoms with Crippen LogP contribution in [0.2, 0.25) is 0 Å². The molecule has 0 aliphatic heterocycles. The van der Waals surface area contributed by atoms with Gasteiger partial charge in [0.1, 0.15) is 11.9 Å². The van der Waals surface area contributed by atoms with Gasteiger partial charge in [0, 0.05) is 0 Å². The molecule has 1 aromatic heterocycles. The number of imidazole rings is 1. The Kier molecular flexibility index (Phi) is 3.96. The van der Waals surface area contributed by atoms with Crippen LogP contribution in [-0.2, 0) is 13.2 Å². The standard InChI is InChI=1S/C13H12N4O3/c1-2-16-12(15-8-13(16)17(18)19)9-20-11-5-3-4-10(6-11)7-14/h3-6,8H,2,9H2,1H3. The summed E-state index contributed by atoms with van der Waals surface area (Å²) in [4.78, 5) is 14.3. The molecule has 0 aliphatic rings. The summed E-state index contributed by atoms with van der Waals surface area (Å²) in [7, 11) is 0. The van der Waals surface area contributed by atoms with Crippen molar-refractivity contribution < 1.29 is 9.66 Å². The third-order valence-electron chi connectivity index (χ3n) is 2.75. The third-order valence-corrected chi connectivity index (χ3v) is 2.75. The summed E-state index contributed by atoms with van der Waals surface area (Å²) in [5, 5.41) is 19.6. The molecule has 20 heavy (non-hydrogen) atoms. The van der Waals surface area contributed by atoms with E-state index in [0.29, 0.717) is 23.7 Å². The summed E-state index contributed by atoms with van der Waals surface area (Å²) in [5.74, 6) is 0.941. The summed E-state index contributed by atoms with van der Waals surface area (Å²) in [5.41, 5.74) is 0.493. The minimum Gasteiger partial charge on any atom is -0.483 e. The molecule has 0 fully saturated rings. The maximum Gasteiger partial charge on any atom is 0.342 e. The van der Waals surface area contributed by atoms with Gasteiger partial charge in [-0.25, -0.2) is 9.55 Å². The van der Waals surface area contributed by atoms with E-state index in [1.54, 1.807) is 31.2 Å². The molecule has 0 spiro atoms. The molecule has 0 atom stereocenters. The highest BCUT2D eigenvalue weighted by Gasteiger charge is 2.18. The predicted molar refractivity (Wildman–Crippen MR) is 70.0 cm³/mol. The molecule has 2 rings (SSSR count). The number of nitro groups is 1. The number of ether oxygens (including phenoxy) is 1. The fourth-order valence-corrected chi connectivity index (χ4v) is 1.81. The van der Waals surface area contributed by atoms with Gasteiger partial charge in [0.15, 0.2) is 6.61 Å². The van der Waals surface area contributed by atoms with E-state index >= 15 is 0 Å². The van der Waals surface area contributed by atoms with Crippen LogP contribution >= 0.6 is 0 Å². The molecule has 0 amide bonds. The number of nitrogens with zero attached hydrogens (tertiary/aromatic N) is 4. The molecule has 7 heteroatoms. The lowest BCUT2D eigenvalue weighted by Gasteiger charge is -2.05. The van der Waals surface area contributed by atoms with E-state index in [9.17, 15) is 10.1 Å². The van der Waals surface area contributed by atoms with Gasteiger partial charge in [-0.1, -0.05) is 6.07 Å². The first-order valence-electron chi connectivity index (χ1n) is 5.97. The zero-order valence-corrected chi connectivity index (χ0v) is 10.8. The number of aromatic nitrogens is 2. The number of benzene rings is 1. The normalized spacial score (nSPS) is 10.0.